The summed E-state index contributed by atoms with van der Waals surface area (Å²) in [7, 11) is 0. The third kappa shape index (κ3) is 20.3. The number of aliphatic hydroxyl groups is 1. The number of nitrogens with one attached hydrogen (secondary N) is 6. The topological polar surface area (TPSA) is 488 Å². The highest BCUT2D eigenvalue weighted by Gasteiger charge is 2.40. The molecule has 2 rings (SSSR count). The molecule has 0 spiro atoms. The summed E-state index contributed by atoms with van der Waals surface area (Å²) in [4.78, 5) is 138. The lowest BCUT2D eigenvalue weighted by Gasteiger charge is -2.28. The quantitative estimate of drug-likeness (QED) is 0.0202. The van der Waals surface area contributed by atoms with Gasteiger partial charge in [-0.15, -0.1) is 0 Å². The van der Waals surface area contributed by atoms with Crippen molar-refractivity contribution >= 4 is 71.1 Å². The van der Waals surface area contributed by atoms with E-state index in [0.29, 0.717) is 12.0 Å². The molecule has 1 heterocycles. The van der Waals surface area contributed by atoms with Crippen molar-refractivity contribution in [2.45, 2.75) is 113 Å². The number of rotatable bonds is 29. The number of primary amides is 1. The van der Waals surface area contributed by atoms with Crippen LogP contribution in [-0.2, 0) is 54.4 Å². The summed E-state index contributed by atoms with van der Waals surface area (Å²) in [5, 5.41) is 44.0. The zero-order chi connectivity index (χ0) is 51.1. The molecule has 0 bridgehead atoms. The highest BCUT2D eigenvalue weighted by Crippen LogP contribution is 2.19. The second kappa shape index (κ2) is 28.4. The molecule has 28 heteroatoms. The zero-order valence-electron chi connectivity index (χ0n) is 37.4. The molecule has 0 saturated carbocycles. The maximum absolute atomic E-state index is 14.0. The number of likely N-dealkylation sites (tertiary alicyclic amines) is 1. The standard InChI is InChI=1S/C40H63N15O13/c1-20(56)31(54-34(63)24(11-6-14-48-40(45)46)51-32(61)22(41)17-28(42)57)36(65)49-19-29(58)50-23(10-5-13-47-39(43)44)33(62)52-25(16-21-8-3-2-4-9-21)35(64)53-26(18-30(59)60)37(66)55-15-7-12-27(55)38(67)68/h2-4,8-9,20,22-27,31,56H,5-7,10-19,41H2,1H3,(H2,42,57)(H,49,65)(H,50,58)(H,51,61)(H,52,62)(H,53,64)(H,54,63)(H,59,60)(H,67,68)(H4,43,44,47)(H4,45,46,48)/t20-,22+,23+,24+,25+,26+,27+,31+/m1/s1. The molecule has 8 atom stereocenters. The van der Waals surface area contributed by atoms with Gasteiger partial charge >= 0.3 is 11.9 Å². The van der Waals surface area contributed by atoms with Crippen molar-refractivity contribution in [3.05, 3.63) is 35.9 Å². The molecule has 1 aromatic carbocycles. The number of aliphatic carboxylic acids is 2. The van der Waals surface area contributed by atoms with Crippen molar-refractivity contribution in [2.24, 2.45) is 44.4 Å². The van der Waals surface area contributed by atoms with Gasteiger partial charge in [-0.1, -0.05) is 30.3 Å². The van der Waals surface area contributed by atoms with Gasteiger partial charge in [-0.3, -0.25) is 53.1 Å². The van der Waals surface area contributed by atoms with Crippen molar-refractivity contribution in [3.8, 4) is 0 Å². The highest BCUT2D eigenvalue weighted by atomic mass is 16.4. The lowest BCUT2D eigenvalue weighted by Crippen LogP contribution is -2.60. The van der Waals surface area contributed by atoms with E-state index in [1.165, 1.54) is 0 Å². The van der Waals surface area contributed by atoms with Crippen LogP contribution >= 0.6 is 0 Å². The second-order valence-electron chi connectivity index (χ2n) is 15.7. The van der Waals surface area contributed by atoms with E-state index in [1.54, 1.807) is 30.3 Å². The van der Waals surface area contributed by atoms with Crippen molar-refractivity contribution in [2.75, 3.05) is 26.2 Å². The Morgan fingerprint density at radius 2 is 1.24 bits per heavy atom. The third-order valence-corrected chi connectivity index (χ3v) is 10.1. The molecule has 8 amide bonds. The number of amides is 8. The van der Waals surface area contributed by atoms with Crippen LogP contribution in [0.15, 0.2) is 40.3 Å². The molecule has 28 nitrogen and oxygen atoms in total. The third-order valence-electron chi connectivity index (χ3n) is 10.1. The van der Waals surface area contributed by atoms with Crippen LogP contribution in [0.5, 0.6) is 0 Å². The van der Waals surface area contributed by atoms with E-state index in [-0.39, 0.29) is 70.1 Å². The Balaban J connectivity index is 2.31. The number of aliphatic hydroxyl groups excluding tert-OH is 1. The Morgan fingerprint density at radius 1 is 0.706 bits per heavy atom. The van der Waals surface area contributed by atoms with Crippen LogP contribution in [0.3, 0.4) is 0 Å². The second-order valence-corrected chi connectivity index (χ2v) is 15.7. The average molecular weight is 962 g/mol. The Morgan fingerprint density at radius 3 is 1.76 bits per heavy atom. The van der Waals surface area contributed by atoms with Crippen LogP contribution in [0.4, 0.5) is 0 Å². The molecule has 376 valence electrons. The van der Waals surface area contributed by atoms with Crippen LogP contribution in [0.2, 0.25) is 0 Å². The first-order chi connectivity index (χ1) is 32.0. The minimum absolute atomic E-state index is 0.00125. The van der Waals surface area contributed by atoms with E-state index in [0.717, 1.165) is 11.8 Å². The Kier molecular flexibility index (Phi) is 23.6. The lowest BCUT2D eigenvalue weighted by molar-refractivity contribution is -0.150. The number of nitrogens with zero attached hydrogens (tertiary/aromatic N) is 3. The van der Waals surface area contributed by atoms with Crippen molar-refractivity contribution in [1.29, 1.82) is 0 Å². The number of carbonyl (C=O) groups is 10. The molecule has 0 radical (unpaired) electrons. The first-order valence-electron chi connectivity index (χ1n) is 21.4. The minimum atomic E-state index is -1.73. The molecule has 0 aliphatic carbocycles. The van der Waals surface area contributed by atoms with E-state index in [2.05, 4.69) is 41.9 Å². The molecule has 1 saturated heterocycles. The van der Waals surface area contributed by atoms with Crippen LogP contribution in [-0.4, -0.2) is 166 Å². The molecule has 1 aliphatic heterocycles. The number of carboxylic acids is 2. The predicted molar refractivity (Wildman–Crippen MR) is 241 cm³/mol. The van der Waals surface area contributed by atoms with Gasteiger partial charge in [0.05, 0.1) is 31.5 Å². The highest BCUT2D eigenvalue weighted by molar-refractivity contribution is 5.98. The summed E-state index contributed by atoms with van der Waals surface area (Å²) in [6, 6.07) is -2.23. The van der Waals surface area contributed by atoms with Gasteiger partial charge in [0, 0.05) is 26.1 Å². The Labute approximate surface area is 390 Å². The number of hydrogen-bond acceptors (Lipinski definition) is 14. The summed E-state index contributed by atoms with van der Waals surface area (Å²) in [5.41, 5.74) is 32.9. The van der Waals surface area contributed by atoms with Crippen molar-refractivity contribution in [1.82, 2.24) is 36.8 Å². The maximum atomic E-state index is 14.0. The van der Waals surface area contributed by atoms with Gasteiger partial charge in [-0.25, -0.2) is 4.79 Å². The summed E-state index contributed by atoms with van der Waals surface area (Å²) in [6.45, 7) is 0.334. The van der Waals surface area contributed by atoms with E-state index in [9.17, 15) is 63.3 Å². The van der Waals surface area contributed by atoms with E-state index in [1.807, 2.05) is 0 Å². The molecule has 0 aromatic heterocycles. The maximum Gasteiger partial charge on any atom is 0.326 e. The zero-order valence-corrected chi connectivity index (χ0v) is 37.4. The first kappa shape index (κ1) is 56.5. The molecular formula is C40H63N15O13. The van der Waals surface area contributed by atoms with Gasteiger partial charge in [-0.2, -0.15) is 0 Å². The van der Waals surface area contributed by atoms with Crippen LogP contribution in [0.1, 0.15) is 63.9 Å². The number of nitrogens with two attached hydrogens (primary N) is 6. The molecule has 0 unspecified atom stereocenters. The average Bonchev–Trinajstić information content (AvgIpc) is 3.76. The van der Waals surface area contributed by atoms with Gasteiger partial charge in [0.2, 0.25) is 47.3 Å². The summed E-state index contributed by atoms with van der Waals surface area (Å²) in [5.74, 6) is -11.1. The molecular weight excluding hydrogens is 899 g/mol. The number of guanidine groups is 2. The fourth-order valence-electron chi connectivity index (χ4n) is 6.78. The number of carboxylic acid groups (broad SMARTS) is 2. The van der Waals surface area contributed by atoms with Gasteiger partial charge in [0.1, 0.15) is 36.3 Å². The molecule has 1 fully saturated rings. The fraction of sp³-hybridized carbons (Fsp3) is 0.550. The van der Waals surface area contributed by atoms with E-state index in [4.69, 9.17) is 34.4 Å². The largest absolute Gasteiger partial charge is 0.481 e. The molecule has 21 N–H and O–H groups in total. The normalized spacial score (nSPS) is 16.1. The van der Waals surface area contributed by atoms with Gasteiger partial charge in [0.25, 0.3) is 0 Å². The van der Waals surface area contributed by atoms with Crippen LogP contribution < -0.4 is 66.3 Å². The number of hydrogen-bond donors (Lipinski definition) is 15. The van der Waals surface area contributed by atoms with E-state index < -0.39 is 127 Å². The van der Waals surface area contributed by atoms with Gasteiger partial charge in [0.15, 0.2) is 11.9 Å². The van der Waals surface area contributed by atoms with Crippen molar-refractivity contribution in [3.63, 3.8) is 0 Å². The molecule has 68 heavy (non-hydrogen) atoms. The van der Waals surface area contributed by atoms with E-state index >= 15 is 0 Å². The van der Waals surface area contributed by atoms with Gasteiger partial charge in [-0.05, 0) is 51.0 Å². The monoisotopic (exact) mass is 961 g/mol. The summed E-state index contributed by atoms with van der Waals surface area (Å²) in [6.07, 6.45) is -2.87. The number of carbonyl (C=O) groups excluding carboxylic acids is 8. The van der Waals surface area contributed by atoms with Crippen molar-refractivity contribution < 1.29 is 63.3 Å². The Bertz CT molecular complexity index is 2010. The molecule has 1 aromatic rings. The van der Waals surface area contributed by atoms with Crippen LogP contribution in [0, 0.1) is 0 Å². The summed E-state index contributed by atoms with van der Waals surface area (Å²) >= 11 is 0. The lowest BCUT2D eigenvalue weighted by atomic mass is 10.0. The fourth-order valence-corrected chi connectivity index (χ4v) is 6.78. The SMILES string of the molecule is C[C@@H](O)[C@H](NC(=O)[C@H](CCCN=C(N)N)NC(=O)[C@@H](N)CC(N)=O)C(=O)NCC(=O)N[C@@H](CCCN=C(N)N)C(=O)N[C@@H](Cc1ccccc1)C(=O)N[C@@H](CC(=O)O)C(=O)N1CCC[C@H]1C(=O)O. The number of benzene rings is 1. The number of aliphatic imine (C=N–C) groups is 2. The van der Waals surface area contributed by atoms with Gasteiger partial charge < -0.3 is 86.5 Å². The molecule has 1 aliphatic rings. The smallest absolute Gasteiger partial charge is 0.326 e. The predicted octanol–water partition coefficient (Wildman–Crippen LogP) is -6.99. The Hall–Kier alpha value is -7.62. The summed E-state index contributed by atoms with van der Waals surface area (Å²) < 4.78 is 0. The first-order valence-corrected chi connectivity index (χ1v) is 21.4. The minimum Gasteiger partial charge on any atom is -0.481 e. The van der Waals surface area contributed by atoms with Crippen LogP contribution in [0.25, 0.3) is 0 Å².